The highest BCUT2D eigenvalue weighted by molar-refractivity contribution is 5.92. The normalized spacial score (nSPS) is 16.6. The summed E-state index contributed by atoms with van der Waals surface area (Å²) in [7, 11) is 2.08. The predicted molar refractivity (Wildman–Crippen MR) is 93.7 cm³/mol. The predicted octanol–water partition coefficient (Wildman–Crippen LogP) is 1.74. The molecule has 0 saturated heterocycles. The maximum atomic E-state index is 12.3. The van der Waals surface area contributed by atoms with E-state index in [-0.39, 0.29) is 11.6 Å². The van der Waals surface area contributed by atoms with Crippen molar-refractivity contribution < 1.29 is 4.79 Å². The van der Waals surface area contributed by atoms with Gasteiger partial charge in [-0.1, -0.05) is 18.2 Å². The molecule has 2 aromatic rings. The molecule has 0 spiro atoms. The van der Waals surface area contributed by atoms with Gasteiger partial charge >= 0.3 is 0 Å². The van der Waals surface area contributed by atoms with E-state index in [1.54, 1.807) is 13.8 Å². The Morgan fingerprint density at radius 3 is 2.92 bits per heavy atom. The van der Waals surface area contributed by atoms with Crippen LogP contribution in [0.1, 0.15) is 39.8 Å². The molecule has 0 fully saturated rings. The second-order valence-corrected chi connectivity index (χ2v) is 6.30. The molecule has 0 radical (unpaired) electrons. The number of carbonyl (C=O) groups is 1. The van der Waals surface area contributed by atoms with Gasteiger partial charge in [0.1, 0.15) is 0 Å². The minimum absolute atomic E-state index is 0.0701. The molecule has 2 heterocycles. The summed E-state index contributed by atoms with van der Waals surface area (Å²) < 4.78 is 0. The molecule has 1 unspecified atom stereocenters. The lowest BCUT2D eigenvalue weighted by molar-refractivity contribution is 0.0943. The molecule has 2 N–H and O–H groups in total. The number of anilines is 1. The summed E-state index contributed by atoms with van der Waals surface area (Å²) in [5.74, 6) is -0.178. The highest BCUT2D eigenvalue weighted by Crippen LogP contribution is 2.33. The van der Waals surface area contributed by atoms with E-state index in [4.69, 9.17) is 0 Å². The fraction of sp³-hybridized carbons (Fsp3) is 0.389. The number of hydrogen-bond acceptors (Lipinski definition) is 4. The Labute approximate surface area is 140 Å². The lowest BCUT2D eigenvalue weighted by atomic mass is 9.90. The fourth-order valence-electron chi connectivity index (χ4n) is 3.09. The van der Waals surface area contributed by atoms with Crippen LogP contribution in [0.15, 0.2) is 29.1 Å². The third-order valence-corrected chi connectivity index (χ3v) is 4.66. The Hall–Kier alpha value is -2.63. The van der Waals surface area contributed by atoms with Crippen LogP contribution in [-0.2, 0) is 0 Å². The van der Waals surface area contributed by atoms with E-state index >= 15 is 0 Å². The number of aromatic amines is 1. The van der Waals surface area contributed by atoms with E-state index in [1.807, 2.05) is 12.1 Å². The minimum Gasteiger partial charge on any atom is -0.374 e. The quantitative estimate of drug-likeness (QED) is 0.900. The Morgan fingerprint density at radius 2 is 2.12 bits per heavy atom. The number of fused-ring (bicyclic) bond motifs is 1. The summed E-state index contributed by atoms with van der Waals surface area (Å²) in [6.07, 6.45) is 0.963. The van der Waals surface area contributed by atoms with Crippen molar-refractivity contribution in [1.29, 1.82) is 0 Å². The number of hydrogen-bond donors (Lipinski definition) is 2. The van der Waals surface area contributed by atoms with Crippen molar-refractivity contribution in [2.75, 3.05) is 25.0 Å². The van der Waals surface area contributed by atoms with E-state index in [0.717, 1.165) is 13.0 Å². The van der Waals surface area contributed by atoms with Crippen LogP contribution in [-0.4, -0.2) is 36.0 Å². The first kappa shape index (κ1) is 16.2. The van der Waals surface area contributed by atoms with Gasteiger partial charge in [0.05, 0.1) is 5.69 Å². The number of carbonyl (C=O) groups excluding carboxylic acids is 1. The SMILES string of the molecule is Cc1nc(C(=O)NCC2CCN(C)c3ccccc32)c(=O)[nH]c1C. The lowest BCUT2D eigenvalue weighted by Crippen LogP contribution is -2.37. The van der Waals surface area contributed by atoms with Gasteiger partial charge in [0.25, 0.3) is 11.5 Å². The lowest BCUT2D eigenvalue weighted by Gasteiger charge is -2.33. The zero-order valence-electron chi connectivity index (χ0n) is 14.2. The molecule has 1 aliphatic heterocycles. The summed E-state index contributed by atoms with van der Waals surface area (Å²) in [5.41, 5.74) is 3.25. The zero-order valence-corrected chi connectivity index (χ0v) is 14.2. The van der Waals surface area contributed by atoms with Gasteiger partial charge in [-0.2, -0.15) is 0 Å². The van der Waals surface area contributed by atoms with Crippen molar-refractivity contribution in [1.82, 2.24) is 15.3 Å². The maximum absolute atomic E-state index is 12.3. The molecule has 0 bridgehead atoms. The molecular formula is C18H22N4O2. The summed E-state index contributed by atoms with van der Waals surface area (Å²) in [4.78, 5) is 33.3. The van der Waals surface area contributed by atoms with Gasteiger partial charge in [0, 0.05) is 37.4 Å². The summed E-state index contributed by atoms with van der Waals surface area (Å²) >= 11 is 0. The second-order valence-electron chi connectivity index (χ2n) is 6.30. The molecule has 3 rings (SSSR count). The van der Waals surface area contributed by atoms with Gasteiger partial charge in [0.2, 0.25) is 0 Å². The Kier molecular flexibility index (Phi) is 4.38. The van der Waals surface area contributed by atoms with Gasteiger partial charge in [-0.3, -0.25) is 9.59 Å². The molecule has 1 aromatic carbocycles. The number of benzene rings is 1. The number of nitrogens with one attached hydrogen (secondary N) is 2. The summed E-state index contributed by atoms with van der Waals surface area (Å²) in [6.45, 7) is 4.98. The first-order chi connectivity index (χ1) is 11.5. The van der Waals surface area contributed by atoms with Crippen LogP contribution in [0.5, 0.6) is 0 Å². The molecule has 1 aromatic heterocycles. The molecule has 1 amide bonds. The first-order valence-electron chi connectivity index (χ1n) is 8.13. The average Bonchev–Trinajstić information content (AvgIpc) is 2.57. The summed E-state index contributed by atoms with van der Waals surface area (Å²) in [5, 5.41) is 2.87. The van der Waals surface area contributed by atoms with Crippen molar-refractivity contribution >= 4 is 11.6 Å². The van der Waals surface area contributed by atoms with Gasteiger partial charge < -0.3 is 15.2 Å². The van der Waals surface area contributed by atoms with Crippen molar-refractivity contribution in [3.63, 3.8) is 0 Å². The molecule has 0 aliphatic carbocycles. The van der Waals surface area contributed by atoms with Crippen LogP contribution in [0, 0.1) is 13.8 Å². The van der Waals surface area contributed by atoms with Crippen molar-refractivity contribution in [3.8, 4) is 0 Å². The van der Waals surface area contributed by atoms with Crippen LogP contribution in [0.2, 0.25) is 0 Å². The average molecular weight is 326 g/mol. The van der Waals surface area contributed by atoms with Gasteiger partial charge in [-0.25, -0.2) is 4.98 Å². The van der Waals surface area contributed by atoms with Crippen LogP contribution < -0.4 is 15.8 Å². The molecule has 6 nitrogen and oxygen atoms in total. The first-order valence-corrected chi connectivity index (χ1v) is 8.13. The third-order valence-electron chi connectivity index (χ3n) is 4.66. The molecule has 1 atom stereocenters. The van der Waals surface area contributed by atoms with Crippen LogP contribution in [0.25, 0.3) is 0 Å². The van der Waals surface area contributed by atoms with Gasteiger partial charge in [-0.05, 0) is 31.9 Å². The van der Waals surface area contributed by atoms with E-state index in [0.29, 0.717) is 17.9 Å². The summed E-state index contributed by atoms with van der Waals surface area (Å²) in [6, 6.07) is 8.24. The molecule has 126 valence electrons. The van der Waals surface area contributed by atoms with E-state index in [9.17, 15) is 9.59 Å². The van der Waals surface area contributed by atoms with Crippen molar-refractivity contribution in [2.24, 2.45) is 0 Å². The van der Waals surface area contributed by atoms with Crippen molar-refractivity contribution in [2.45, 2.75) is 26.2 Å². The Balaban J connectivity index is 1.75. The molecular weight excluding hydrogens is 304 g/mol. The Bertz CT molecular complexity index is 828. The minimum atomic E-state index is -0.445. The number of nitrogens with zero attached hydrogens (tertiary/aromatic N) is 2. The topological polar surface area (TPSA) is 78.1 Å². The third kappa shape index (κ3) is 3.04. The fourth-order valence-corrected chi connectivity index (χ4v) is 3.09. The largest absolute Gasteiger partial charge is 0.374 e. The molecule has 1 aliphatic rings. The molecule has 6 heteroatoms. The molecule has 0 saturated carbocycles. The van der Waals surface area contributed by atoms with E-state index < -0.39 is 11.5 Å². The van der Waals surface area contributed by atoms with Gasteiger partial charge in [-0.15, -0.1) is 0 Å². The number of amides is 1. The highest BCUT2D eigenvalue weighted by atomic mass is 16.2. The van der Waals surface area contributed by atoms with E-state index in [2.05, 4.69) is 39.4 Å². The van der Waals surface area contributed by atoms with Gasteiger partial charge in [0.15, 0.2) is 5.69 Å². The zero-order chi connectivity index (χ0) is 17.3. The van der Waals surface area contributed by atoms with Crippen LogP contribution in [0.3, 0.4) is 0 Å². The second kappa shape index (κ2) is 6.47. The van der Waals surface area contributed by atoms with Crippen molar-refractivity contribution in [3.05, 3.63) is 57.3 Å². The number of rotatable bonds is 3. The number of aromatic nitrogens is 2. The standard InChI is InChI=1S/C18H22N4O2/c1-11-12(2)21-18(24)16(20-11)17(23)19-10-13-8-9-22(3)15-7-5-4-6-14(13)15/h4-7,13H,8-10H2,1-3H3,(H,19,23)(H,21,24). The van der Waals surface area contributed by atoms with Crippen LogP contribution in [0.4, 0.5) is 5.69 Å². The number of H-pyrrole nitrogens is 1. The van der Waals surface area contributed by atoms with Crippen LogP contribution >= 0.6 is 0 Å². The molecule has 24 heavy (non-hydrogen) atoms. The van der Waals surface area contributed by atoms with E-state index in [1.165, 1.54) is 11.3 Å². The number of para-hydroxylation sites is 1. The monoisotopic (exact) mass is 326 g/mol. The smallest absolute Gasteiger partial charge is 0.279 e. The number of aryl methyl sites for hydroxylation is 2. The highest BCUT2D eigenvalue weighted by Gasteiger charge is 2.24. The Morgan fingerprint density at radius 1 is 1.38 bits per heavy atom. The maximum Gasteiger partial charge on any atom is 0.279 e.